The monoisotopic (exact) mass is 388 g/mol. The van der Waals surface area contributed by atoms with Crippen molar-refractivity contribution < 1.29 is 9.84 Å². The molecule has 4 rings (SSSR count). The Morgan fingerprint density at radius 3 is 2.28 bits per heavy atom. The normalized spacial score (nSPS) is 22.0. The number of benzene rings is 2. The van der Waals surface area contributed by atoms with Crippen LogP contribution < -0.4 is 5.32 Å². The second-order valence-electron chi connectivity index (χ2n) is 7.83. The first-order valence-electron chi connectivity index (χ1n) is 10.2. The highest BCUT2D eigenvalue weighted by Crippen LogP contribution is 2.34. The van der Waals surface area contributed by atoms with Crippen molar-refractivity contribution in [2.24, 2.45) is 0 Å². The van der Waals surface area contributed by atoms with Gasteiger partial charge in [-0.1, -0.05) is 66.7 Å². The third-order valence-corrected chi connectivity index (χ3v) is 5.62. The van der Waals surface area contributed by atoms with Crippen LogP contribution in [0.3, 0.4) is 0 Å². The number of aliphatic hydroxyl groups excluding tert-OH is 1. The van der Waals surface area contributed by atoms with Gasteiger partial charge in [-0.05, 0) is 29.2 Å². The van der Waals surface area contributed by atoms with Crippen LogP contribution in [0.4, 0.5) is 0 Å². The number of nitrogens with one attached hydrogen (secondary N) is 1. The second kappa shape index (κ2) is 9.31. The van der Waals surface area contributed by atoms with Gasteiger partial charge >= 0.3 is 0 Å². The first kappa shape index (κ1) is 19.8. The van der Waals surface area contributed by atoms with Crippen molar-refractivity contribution in [1.29, 1.82) is 0 Å². The van der Waals surface area contributed by atoms with Crippen LogP contribution in [0.2, 0.25) is 0 Å². The third-order valence-electron chi connectivity index (χ3n) is 5.62. The predicted octanol–water partition coefficient (Wildman–Crippen LogP) is 3.83. The van der Waals surface area contributed by atoms with E-state index in [1.165, 1.54) is 11.1 Å². The molecule has 3 atom stereocenters. The predicted molar refractivity (Wildman–Crippen MR) is 115 cm³/mol. The van der Waals surface area contributed by atoms with Gasteiger partial charge in [0.1, 0.15) is 0 Å². The van der Waals surface area contributed by atoms with Gasteiger partial charge in [0.2, 0.25) is 0 Å². The molecule has 4 nitrogen and oxygen atoms in total. The van der Waals surface area contributed by atoms with Crippen LogP contribution in [0.25, 0.3) is 0 Å². The molecule has 29 heavy (non-hydrogen) atoms. The summed E-state index contributed by atoms with van der Waals surface area (Å²) in [5.74, 6) is 0.106. The van der Waals surface area contributed by atoms with Crippen molar-refractivity contribution in [3.63, 3.8) is 0 Å². The van der Waals surface area contributed by atoms with E-state index >= 15 is 0 Å². The Kier molecular flexibility index (Phi) is 6.35. The van der Waals surface area contributed by atoms with E-state index < -0.39 is 6.10 Å². The summed E-state index contributed by atoms with van der Waals surface area (Å²) in [5, 5.41) is 14.3. The smallest absolute Gasteiger partial charge is 0.0740 e. The highest BCUT2D eigenvalue weighted by Gasteiger charge is 2.35. The highest BCUT2D eigenvalue weighted by atomic mass is 16.5. The van der Waals surface area contributed by atoms with Gasteiger partial charge in [0.25, 0.3) is 0 Å². The molecule has 2 aromatic carbocycles. The average Bonchev–Trinajstić information content (AvgIpc) is 2.75. The number of aliphatic hydroxyl groups is 1. The molecule has 0 bridgehead atoms. The first-order chi connectivity index (χ1) is 14.2. The Balaban J connectivity index is 1.45. The van der Waals surface area contributed by atoms with Crippen LogP contribution in [0, 0.1) is 6.92 Å². The van der Waals surface area contributed by atoms with Crippen molar-refractivity contribution in [2.45, 2.75) is 44.1 Å². The summed E-state index contributed by atoms with van der Waals surface area (Å²) in [7, 11) is 0. The molecule has 2 N–H and O–H groups in total. The van der Waals surface area contributed by atoms with Crippen LogP contribution in [0.15, 0.2) is 79.1 Å². The first-order valence-corrected chi connectivity index (χ1v) is 10.2. The molecule has 150 valence electrons. The summed E-state index contributed by atoms with van der Waals surface area (Å²) in [6, 6.07) is 22.9. The van der Waals surface area contributed by atoms with Crippen LogP contribution in [0.5, 0.6) is 0 Å². The van der Waals surface area contributed by atoms with Crippen molar-refractivity contribution in [2.75, 3.05) is 6.61 Å². The lowest BCUT2D eigenvalue weighted by molar-refractivity contribution is -0.0718. The van der Waals surface area contributed by atoms with E-state index in [1.807, 2.05) is 31.5 Å². The quantitative estimate of drug-likeness (QED) is 0.674. The summed E-state index contributed by atoms with van der Waals surface area (Å²) in [4.78, 5) is 4.24. The lowest BCUT2D eigenvalue weighted by Crippen LogP contribution is -2.50. The number of pyridine rings is 1. The Labute approximate surface area is 172 Å². The molecule has 1 fully saturated rings. The minimum Gasteiger partial charge on any atom is -0.391 e. The lowest BCUT2D eigenvalue weighted by Gasteiger charge is -2.38. The number of rotatable bonds is 6. The van der Waals surface area contributed by atoms with Crippen molar-refractivity contribution in [3.05, 3.63) is 101 Å². The Morgan fingerprint density at radius 2 is 1.69 bits per heavy atom. The molecular formula is C25H28N2O2. The number of hydrogen-bond donors (Lipinski definition) is 2. The summed E-state index contributed by atoms with van der Waals surface area (Å²) < 4.78 is 6.31. The molecule has 0 spiro atoms. The maximum absolute atomic E-state index is 10.9. The van der Waals surface area contributed by atoms with E-state index in [1.54, 1.807) is 0 Å². The molecule has 0 aliphatic carbocycles. The average molecular weight is 389 g/mol. The maximum atomic E-state index is 10.9. The molecule has 3 unspecified atom stereocenters. The molecule has 2 heterocycles. The molecule has 1 aromatic heterocycles. The Bertz CT molecular complexity index is 861. The maximum Gasteiger partial charge on any atom is 0.0740 e. The molecule has 0 amide bonds. The molecular weight excluding hydrogens is 360 g/mol. The second-order valence-corrected chi connectivity index (χ2v) is 7.83. The van der Waals surface area contributed by atoms with Gasteiger partial charge in [-0.2, -0.15) is 0 Å². The SMILES string of the molecule is Cc1cncc(CNC2COC(C(c3ccccc3)c3ccccc3)CC2O)c1. The molecule has 0 radical (unpaired) electrons. The van der Waals surface area contributed by atoms with Gasteiger partial charge in [-0.15, -0.1) is 0 Å². The van der Waals surface area contributed by atoms with E-state index in [-0.39, 0.29) is 18.1 Å². The van der Waals surface area contributed by atoms with Crippen LogP contribution in [-0.4, -0.2) is 34.9 Å². The van der Waals surface area contributed by atoms with Crippen molar-refractivity contribution in [3.8, 4) is 0 Å². The zero-order valence-electron chi connectivity index (χ0n) is 16.7. The zero-order chi connectivity index (χ0) is 20.1. The highest BCUT2D eigenvalue weighted by molar-refractivity contribution is 5.34. The van der Waals surface area contributed by atoms with E-state index in [0.717, 1.165) is 11.1 Å². The van der Waals surface area contributed by atoms with Gasteiger partial charge in [0, 0.05) is 31.3 Å². The molecule has 1 aliphatic heterocycles. The largest absolute Gasteiger partial charge is 0.391 e. The fourth-order valence-electron chi connectivity index (χ4n) is 4.14. The minimum absolute atomic E-state index is 0.0616. The minimum atomic E-state index is -0.457. The molecule has 0 saturated carbocycles. The summed E-state index contributed by atoms with van der Waals surface area (Å²) in [6.07, 6.45) is 3.78. The molecule has 1 saturated heterocycles. The van der Waals surface area contributed by atoms with E-state index in [9.17, 15) is 5.11 Å². The molecule has 3 aromatic rings. The van der Waals surface area contributed by atoms with Gasteiger partial charge < -0.3 is 15.2 Å². The summed E-state index contributed by atoms with van der Waals surface area (Å²) >= 11 is 0. The number of hydrogen-bond acceptors (Lipinski definition) is 4. The summed E-state index contributed by atoms with van der Waals surface area (Å²) in [5.41, 5.74) is 4.69. The Morgan fingerprint density at radius 1 is 1.03 bits per heavy atom. The topological polar surface area (TPSA) is 54.4 Å². The van der Waals surface area contributed by atoms with Gasteiger partial charge in [-0.25, -0.2) is 0 Å². The molecule has 1 aliphatic rings. The van der Waals surface area contributed by atoms with Crippen molar-refractivity contribution >= 4 is 0 Å². The van der Waals surface area contributed by atoms with E-state index in [2.05, 4.69) is 64.9 Å². The van der Waals surface area contributed by atoms with E-state index in [4.69, 9.17) is 4.74 Å². The number of aromatic nitrogens is 1. The van der Waals surface area contributed by atoms with E-state index in [0.29, 0.717) is 19.6 Å². The van der Waals surface area contributed by atoms with Gasteiger partial charge in [0.15, 0.2) is 0 Å². The third kappa shape index (κ3) is 4.91. The van der Waals surface area contributed by atoms with Gasteiger partial charge in [0.05, 0.1) is 24.9 Å². The number of ether oxygens (including phenoxy) is 1. The Hall–Kier alpha value is -2.53. The van der Waals surface area contributed by atoms with Gasteiger partial charge in [-0.3, -0.25) is 4.98 Å². The molecule has 4 heteroatoms. The fraction of sp³-hybridized carbons (Fsp3) is 0.320. The standard InChI is InChI=1S/C25H28N2O2/c1-18-12-19(15-26-14-18)16-27-22-17-29-24(13-23(22)28)25(20-8-4-2-5-9-20)21-10-6-3-7-11-21/h2-12,14-15,22-25,27-28H,13,16-17H2,1H3. The van der Waals surface area contributed by atoms with Crippen LogP contribution in [-0.2, 0) is 11.3 Å². The van der Waals surface area contributed by atoms with Crippen LogP contribution >= 0.6 is 0 Å². The number of nitrogens with zero attached hydrogens (tertiary/aromatic N) is 1. The zero-order valence-corrected chi connectivity index (χ0v) is 16.7. The summed E-state index contributed by atoms with van der Waals surface area (Å²) in [6.45, 7) is 3.19. The van der Waals surface area contributed by atoms with Crippen molar-refractivity contribution in [1.82, 2.24) is 10.3 Å². The number of aryl methyl sites for hydroxylation is 1. The van der Waals surface area contributed by atoms with Crippen LogP contribution in [0.1, 0.15) is 34.6 Å². The lowest BCUT2D eigenvalue weighted by atomic mass is 9.82. The fourth-order valence-corrected chi connectivity index (χ4v) is 4.14.